The molecule has 0 radical (unpaired) electrons. The van der Waals surface area contributed by atoms with Gasteiger partial charge in [-0.1, -0.05) is 26.0 Å². The van der Waals surface area contributed by atoms with Crippen LogP contribution in [0.25, 0.3) is 0 Å². The lowest BCUT2D eigenvalue weighted by Gasteiger charge is -2.10. The summed E-state index contributed by atoms with van der Waals surface area (Å²) in [4.78, 5) is 0. The van der Waals surface area contributed by atoms with Crippen LogP contribution < -0.4 is 0 Å². The summed E-state index contributed by atoms with van der Waals surface area (Å²) in [6.07, 6.45) is 0. The Morgan fingerprint density at radius 2 is 2.00 bits per heavy atom. The molecule has 1 heteroatoms. The predicted molar refractivity (Wildman–Crippen MR) is 50.0 cm³/mol. The molecule has 0 amide bonds. The number of benzene rings is 1. The molecule has 1 nitrogen and oxygen atoms in total. The molecule has 0 bridgehead atoms. The first-order valence-corrected chi connectivity index (χ1v) is 4.16. The van der Waals surface area contributed by atoms with E-state index in [1.807, 2.05) is 12.1 Å². The van der Waals surface area contributed by atoms with Crippen molar-refractivity contribution in [3.63, 3.8) is 0 Å². The van der Waals surface area contributed by atoms with Crippen molar-refractivity contribution in [2.45, 2.75) is 26.7 Å². The molecule has 1 rings (SSSR count). The van der Waals surface area contributed by atoms with Gasteiger partial charge in [0, 0.05) is 0 Å². The van der Waals surface area contributed by atoms with E-state index in [4.69, 9.17) is 5.26 Å². The van der Waals surface area contributed by atoms with Crippen molar-refractivity contribution >= 4 is 0 Å². The Hall–Kier alpha value is -1.29. The van der Waals surface area contributed by atoms with Crippen LogP contribution in [0.4, 0.5) is 0 Å². The fourth-order valence-electron chi connectivity index (χ4n) is 1.54. The van der Waals surface area contributed by atoms with Crippen LogP contribution in [0.2, 0.25) is 0 Å². The number of rotatable bonds is 1. The highest BCUT2D eigenvalue weighted by molar-refractivity contribution is 5.43. The molecule has 0 aromatic heterocycles. The summed E-state index contributed by atoms with van der Waals surface area (Å²) in [7, 11) is 0. The largest absolute Gasteiger partial charge is 0.192 e. The van der Waals surface area contributed by atoms with Crippen LogP contribution in [0.1, 0.15) is 36.5 Å². The maximum absolute atomic E-state index is 8.84. The molecule has 1 aromatic carbocycles. The molecule has 12 heavy (non-hydrogen) atoms. The Bertz CT molecular complexity index is 318. The van der Waals surface area contributed by atoms with Gasteiger partial charge in [0.05, 0.1) is 11.6 Å². The third kappa shape index (κ3) is 1.48. The SMILES string of the molecule is Cc1cccc(C#N)c1C(C)C. The average Bonchev–Trinajstić information content (AvgIpc) is 2.03. The Morgan fingerprint density at radius 1 is 1.33 bits per heavy atom. The second-order valence-corrected chi connectivity index (χ2v) is 3.30. The van der Waals surface area contributed by atoms with Crippen LogP contribution in [0.5, 0.6) is 0 Å². The van der Waals surface area contributed by atoms with Crippen molar-refractivity contribution in [2.24, 2.45) is 0 Å². The highest BCUT2D eigenvalue weighted by atomic mass is 14.3. The fourth-order valence-corrected chi connectivity index (χ4v) is 1.54. The van der Waals surface area contributed by atoms with Gasteiger partial charge in [0.1, 0.15) is 0 Å². The van der Waals surface area contributed by atoms with Gasteiger partial charge in [0.15, 0.2) is 0 Å². The molecule has 0 saturated carbocycles. The first-order valence-electron chi connectivity index (χ1n) is 4.16. The van der Waals surface area contributed by atoms with E-state index < -0.39 is 0 Å². The molecule has 0 saturated heterocycles. The molecular formula is C11H13N. The summed E-state index contributed by atoms with van der Waals surface area (Å²) < 4.78 is 0. The topological polar surface area (TPSA) is 23.8 Å². The maximum atomic E-state index is 8.84. The van der Waals surface area contributed by atoms with Crippen molar-refractivity contribution in [3.05, 3.63) is 34.9 Å². The van der Waals surface area contributed by atoms with Gasteiger partial charge < -0.3 is 0 Å². The van der Waals surface area contributed by atoms with Crippen LogP contribution in [0.3, 0.4) is 0 Å². The smallest absolute Gasteiger partial charge is 0.0994 e. The zero-order chi connectivity index (χ0) is 9.14. The summed E-state index contributed by atoms with van der Waals surface area (Å²) in [6, 6.07) is 8.08. The second-order valence-electron chi connectivity index (χ2n) is 3.30. The average molecular weight is 159 g/mol. The van der Waals surface area contributed by atoms with Gasteiger partial charge in [-0.15, -0.1) is 0 Å². The van der Waals surface area contributed by atoms with Gasteiger partial charge in [-0.2, -0.15) is 5.26 Å². The van der Waals surface area contributed by atoms with E-state index in [1.165, 1.54) is 11.1 Å². The van der Waals surface area contributed by atoms with Crippen LogP contribution in [0.15, 0.2) is 18.2 Å². The summed E-state index contributed by atoms with van der Waals surface area (Å²) in [5, 5.41) is 8.84. The van der Waals surface area contributed by atoms with Crippen molar-refractivity contribution < 1.29 is 0 Å². The predicted octanol–water partition coefficient (Wildman–Crippen LogP) is 2.99. The number of nitrogens with zero attached hydrogens (tertiary/aromatic N) is 1. The molecule has 0 aliphatic carbocycles. The molecule has 0 unspecified atom stereocenters. The van der Waals surface area contributed by atoms with Gasteiger partial charge in [0.2, 0.25) is 0 Å². The van der Waals surface area contributed by atoms with Gasteiger partial charge in [-0.25, -0.2) is 0 Å². The highest BCUT2D eigenvalue weighted by Gasteiger charge is 2.07. The molecule has 0 aliphatic heterocycles. The molecular weight excluding hydrogens is 146 g/mol. The Kier molecular flexibility index (Phi) is 2.50. The van der Waals surface area contributed by atoms with Crippen LogP contribution in [-0.4, -0.2) is 0 Å². The van der Waals surface area contributed by atoms with Crippen LogP contribution in [0, 0.1) is 18.3 Å². The zero-order valence-electron chi connectivity index (χ0n) is 7.76. The van der Waals surface area contributed by atoms with Gasteiger partial charge >= 0.3 is 0 Å². The molecule has 62 valence electrons. The van der Waals surface area contributed by atoms with E-state index in [9.17, 15) is 0 Å². The summed E-state index contributed by atoms with van der Waals surface area (Å²) >= 11 is 0. The van der Waals surface area contributed by atoms with E-state index in [-0.39, 0.29) is 0 Å². The molecule has 0 aliphatic rings. The van der Waals surface area contributed by atoms with E-state index >= 15 is 0 Å². The van der Waals surface area contributed by atoms with Crippen LogP contribution >= 0.6 is 0 Å². The Morgan fingerprint density at radius 3 is 2.42 bits per heavy atom. The zero-order valence-corrected chi connectivity index (χ0v) is 7.76. The maximum Gasteiger partial charge on any atom is 0.0994 e. The lowest BCUT2D eigenvalue weighted by atomic mass is 9.93. The molecule has 0 N–H and O–H groups in total. The molecule has 0 fully saturated rings. The summed E-state index contributed by atoms with van der Waals surface area (Å²) in [5.41, 5.74) is 3.20. The minimum absolute atomic E-state index is 0.431. The van der Waals surface area contributed by atoms with E-state index in [2.05, 4.69) is 32.9 Å². The fraction of sp³-hybridized carbons (Fsp3) is 0.364. The van der Waals surface area contributed by atoms with E-state index in [0.717, 1.165) is 5.56 Å². The summed E-state index contributed by atoms with van der Waals surface area (Å²) in [6.45, 7) is 6.28. The van der Waals surface area contributed by atoms with Crippen molar-refractivity contribution in [1.29, 1.82) is 5.26 Å². The third-order valence-electron chi connectivity index (χ3n) is 2.02. The first kappa shape index (κ1) is 8.80. The second kappa shape index (κ2) is 3.40. The van der Waals surface area contributed by atoms with Gasteiger partial charge in [-0.05, 0) is 30.0 Å². The Labute approximate surface area is 73.6 Å². The third-order valence-corrected chi connectivity index (χ3v) is 2.02. The molecule has 0 atom stereocenters. The lowest BCUT2D eigenvalue weighted by Crippen LogP contribution is -1.95. The Balaban J connectivity index is 3.32. The quantitative estimate of drug-likeness (QED) is 0.618. The standard InChI is InChI=1S/C11H13N/c1-8(2)11-9(3)5-4-6-10(11)7-12/h4-6,8H,1-3H3. The summed E-state index contributed by atoms with van der Waals surface area (Å²) in [5.74, 6) is 0.431. The number of hydrogen-bond acceptors (Lipinski definition) is 1. The number of aryl methyl sites for hydroxylation is 1. The first-order chi connectivity index (χ1) is 5.66. The van der Waals surface area contributed by atoms with Gasteiger partial charge in [-0.3, -0.25) is 0 Å². The molecule has 0 spiro atoms. The minimum atomic E-state index is 0.431. The van der Waals surface area contributed by atoms with Gasteiger partial charge in [0.25, 0.3) is 0 Å². The van der Waals surface area contributed by atoms with E-state index in [1.54, 1.807) is 0 Å². The van der Waals surface area contributed by atoms with Crippen molar-refractivity contribution in [3.8, 4) is 6.07 Å². The van der Waals surface area contributed by atoms with Crippen molar-refractivity contribution in [2.75, 3.05) is 0 Å². The number of nitriles is 1. The molecule has 0 heterocycles. The van der Waals surface area contributed by atoms with Crippen molar-refractivity contribution in [1.82, 2.24) is 0 Å². The monoisotopic (exact) mass is 159 g/mol. The van der Waals surface area contributed by atoms with E-state index in [0.29, 0.717) is 5.92 Å². The van der Waals surface area contributed by atoms with Crippen LogP contribution in [-0.2, 0) is 0 Å². The molecule has 1 aromatic rings. The normalized spacial score (nSPS) is 9.92. The number of hydrogen-bond donors (Lipinski definition) is 0. The minimum Gasteiger partial charge on any atom is -0.192 e. The highest BCUT2D eigenvalue weighted by Crippen LogP contribution is 2.22. The lowest BCUT2D eigenvalue weighted by molar-refractivity contribution is 0.852.